The van der Waals surface area contributed by atoms with E-state index in [2.05, 4.69) is 0 Å². The summed E-state index contributed by atoms with van der Waals surface area (Å²) in [7, 11) is 3.27. The van der Waals surface area contributed by atoms with Crippen molar-refractivity contribution in [3.05, 3.63) is 0 Å². The number of nitrogens with two attached hydrogens (primary N) is 1. The smallest absolute Gasteiger partial charge is 0.0781 e. The van der Waals surface area contributed by atoms with Crippen LogP contribution in [-0.2, 0) is 14.2 Å². The second kappa shape index (κ2) is 7.49. The zero-order valence-electron chi connectivity index (χ0n) is 8.08. The van der Waals surface area contributed by atoms with Gasteiger partial charge in [0, 0.05) is 14.2 Å². The van der Waals surface area contributed by atoms with Crippen molar-refractivity contribution in [2.75, 3.05) is 34.0 Å². The standard InChI is InChI=1S/C8H19NO3/c1-7(4-10-2)12-6-8(9)5-11-3/h7-8H,4-6,9H2,1-3H3. The Morgan fingerprint density at radius 3 is 2.17 bits per heavy atom. The molecule has 2 unspecified atom stereocenters. The number of rotatable bonds is 7. The predicted molar refractivity (Wildman–Crippen MR) is 47.1 cm³/mol. The molecule has 0 bridgehead atoms. The lowest BCUT2D eigenvalue weighted by atomic mass is 10.3. The van der Waals surface area contributed by atoms with Gasteiger partial charge in [-0.15, -0.1) is 0 Å². The molecule has 0 spiro atoms. The van der Waals surface area contributed by atoms with Crippen molar-refractivity contribution in [1.29, 1.82) is 0 Å². The van der Waals surface area contributed by atoms with Crippen molar-refractivity contribution >= 4 is 0 Å². The lowest BCUT2D eigenvalue weighted by Crippen LogP contribution is -2.33. The van der Waals surface area contributed by atoms with Crippen LogP contribution in [0.2, 0.25) is 0 Å². The highest BCUT2D eigenvalue weighted by Gasteiger charge is 2.05. The molecule has 12 heavy (non-hydrogen) atoms. The summed E-state index contributed by atoms with van der Waals surface area (Å²) in [4.78, 5) is 0. The molecular formula is C8H19NO3. The van der Waals surface area contributed by atoms with Crippen LogP contribution in [0, 0.1) is 0 Å². The molecule has 0 radical (unpaired) electrons. The molecule has 0 aliphatic carbocycles. The summed E-state index contributed by atoms with van der Waals surface area (Å²) in [6.45, 7) is 3.58. The zero-order chi connectivity index (χ0) is 9.40. The lowest BCUT2D eigenvalue weighted by Gasteiger charge is -2.15. The fraction of sp³-hybridized carbons (Fsp3) is 1.00. The van der Waals surface area contributed by atoms with Gasteiger partial charge in [0.15, 0.2) is 0 Å². The molecule has 0 aromatic carbocycles. The first-order valence-electron chi connectivity index (χ1n) is 4.05. The van der Waals surface area contributed by atoms with Crippen LogP contribution in [0.3, 0.4) is 0 Å². The maximum atomic E-state index is 5.64. The number of hydrogen-bond donors (Lipinski definition) is 1. The molecule has 74 valence electrons. The van der Waals surface area contributed by atoms with Gasteiger partial charge in [-0.3, -0.25) is 0 Å². The molecule has 4 nitrogen and oxygen atoms in total. The quantitative estimate of drug-likeness (QED) is 0.595. The van der Waals surface area contributed by atoms with Crippen molar-refractivity contribution in [3.63, 3.8) is 0 Å². The van der Waals surface area contributed by atoms with Crippen LogP contribution in [-0.4, -0.2) is 46.2 Å². The Morgan fingerprint density at radius 2 is 1.67 bits per heavy atom. The minimum atomic E-state index is -0.0469. The van der Waals surface area contributed by atoms with E-state index in [4.69, 9.17) is 19.9 Å². The van der Waals surface area contributed by atoms with E-state index in [9.17, 15) is 0 Å². The summed E-state index contributed by atoms with van der Waals surface area (Å²) < 4.78 is 15.1. The van der Waals surface area contributed by atoms with E-state index in [1.54, 1.807) is 14.2 Å². The van der Waals surface area contributed by atoms with Crippen LogP contribution < -0.4 is 5.73 Å². The molecule has 0 aliphatic rings. The van der Waals surface area contributed by atoms with Crippen molar-refractivity contribution in [2.45, 2.75) is 19.1 Å². The second-order valence-corrected chi connectivity index (χ2v) is 2.81. The zero-order valence-corrected chi connectivity index (χ0v) is 8.08. The Kier molecular flexibility index (Phi) is 7.39. The third kappa shape index (κ3) is 6.54. The molecule has 0 aromatic heterocycles. The maximum absolute atomic E-state index is 5.64. The van der Waals surface area contributed by atoms with E-state index in [0.717, 1.165) is 0 Å². The topological polar surface area (TPSA) is 53.7 Å². The number of hydrogen-bond acceptors (Lipinski definition) is 4. The van der Waals surface area contributed by atoms with E-state index in [1.165, 1.54) is 0 Å². The first-order valence-corrected chi connectivity index (χ1v) is 4.05. The highest BCUT2D eigenvalue weighted by atomic mass is 16.5. The average molecular weight is 177 g/mol. The highest BCUT2D eigenvalue weighted by Crippen LogP contribution is 1.92. The summed E-state index contributed by atoms with van der Waals surface area (Å²) in [6, 6.07) is -0.0469. The summed E-state index contributed by atoms with van der Waals surface area (Å²) >= 11 is 0. The lowest BCUT2D eigenvalue weighted by molar-refractivity contribution is -0.00445. The summed E-state index contributed by atoms with van der Waals surface area (Å²) in [5, 5.41) is 0. The fourth-order valence-electron chi connectivity index (χ4n) is 0.833. The molecule has 0 amide bonds. The average Bonchev–Trinajstić information content (AvgIpc) is 2.02. The van der Waals surface area contributed by atoms with Crippen LogP contribution in [0.4, 0.5) is 0 Å². The van der Waals surface area contributed by atoms with Gasteiger partial charge in [0.1, 0.15) is 0 Å². The van der Waals surface area contributed by atoms with Crippen molar-refractivity contribution in [3.8, 4) is 0 Å². The number of ether oxygens (including phenoxy) is 3. The van der Waals surface area contributed by atoms with E-state index < -0.39 is 0 Å². The summed E-state index contributed by atoms with van der Waals surface area (Å²) in [6.07, 6.45) is 0.0953. The van der Waals surface area contributed by atoms with Crippen LogP contribution in [0.15, 0.2) is 0 Å². The molecule has 0 rings (SSSR count). The summed E-state index contributed by atoms with van der Waals surface area (Å²) in [5.41, 5.74) is 5.64. The predicted octanol–water partition coefficient (Wildman–Crippen LogP) is 0.0116. The van der Waals surface area contributed by atoms with Gasteiger partial charge in [0.2, 0.25) is 0 Å². The SMILES string of the molecule is COCC(N)COC(C)COC. The Labute approximate surface area is 74.0 Å². The minimum Gasteiger partial charge on any atom is -0.383 e. The Hall–Kier alpha value is -0.160. The molecule has 2 atom stereocenters. The molecular weight excluding hydrogens is 158 g/mol. The van der Waals surface area contributed by atoms with E-state index in [-0.39, 0.29) is 12.1 Å². The second-order valence-electron chi connectivity index (χ2n) is 2.81. The first-order chi connectivity index (χ1) is 5.70. The molecule has 4 heteroatoms. The maximum Gasteiger partial charge on any atom is 0.0781 e. The van der Waals surface area contributed by atoms with Crippen molar-refractivity contribution in [2.24, 2.45) is 5.73 Å². The van der Waals surface area contributed by atoms with Crippen LogP contribution in [0.1, 0.15) is 6.92 Å². The van der Waals surface area contributed by atoms with Gasteiger partial charge >= 0.3 is 0 Å². The third-order valence-electron chi connectivity index (χ3n) is 1.38. The normalized spacial score (nSPS) is 16.0. The molecule has 0 aromatic rings. The van der Waals surface area contributed by atoms with Gasteiger partial charge in [-0.2, -0.15) is 0 Å². The van der Waals surface area contributed by atoms with E-state index in [1.807, 2.05) is 6.92 Å². The van der Waals surface area contributed by atoms with E-state index >= 15 is 0 Å². The Balaban J connectivity index is 3.27. The van der Waals surface area contributed by atoms with Gasteiger partial charge in [-0.05, 0) is 6.92 Å². The molecule has 0 saturated carbocycles. The fourth-order valence-corrected chi connectivity index (χ4v) is 0.833. The van der Waals surface area contributed by atoms with Gasteiger partial charge in [0.05, 0.1) is 32.0 Å². The molecule has 2 N–H and O–H groups in total. The Morgan fingerprint density at radius 1 is 1.08 bits per heavy atom. The minimum absolute atomic E-state index is 0.0469. The molecule has 0 heterocycles. The van der Waals surface area contributed by atoms with Gasteiger partial charge in [-0.1, -0.05) is 0 Å². The van der Waals surface area contributed by atoms with Crippen LogP contribution >= 0.6 is 0 Å². The highest BCUT2D eigenvalue weighted by molar-refractivity contribution is 4.59. The largest absolute Gasteiger partial charge is 0.383 e. The van der Waals surface area contributed by atoms with Crippen LogP contribution in [0.25, 0.3) is 0 Å². The monoisotopic (exact) mass is 177 g/mol. The van der Waals surface area contributed by atoms with Gasteiger partial charge in [-0.25, -0.2) is 0 Å². The first kappa shape index (κ1) is 11.8. The van der Waals surface area contributed by atoms with Gasteiger partial charge in [0.25, 0.3) is 0 Å². The van der Waals surface area contributed by atoms with Crippen molar-refractivity contribution in [1.82, 2.24) is 0 Å². The van der Waals surface area contributed by atoms with Crippen LogP contribution in [0.5, 0.6) is 0 Å². The Bertz CT molecular complexity index is 88.3. The number of methoxy groups -OCH3 is 2. The molecule has 0 fully saturated rings. The summed E-state index contributed by atoms with van der Waals surface area (Å²) in [5.74, 6) is 0. The third-order valence-corrected chi connectivity index (χ3v) is 1.38. The molecule has 0 saturated heterocycles. The van der Waals surface area contributed by atoms with E-state index in [0.29, 0.717) is 19.8 Å². The molecule has 0 aliphatic heterocycles. The van der Waals surface area contributed by atoms with Gasteiger partial charge < -0.3 is 19.9 Å². The van der Waals surface area contributed by atoms with Crippen molar-refractivity contribution < 1.29 is 14.2 Å².